The number of hydrogen-bond donors (Lipinski definition) is 1. The summed E-state index contributed by atoms with van der Waals surface area (Å²) in [6.45, 7) is 9.19. The van der Waals surface area contributed by atoms with Gasteiger partial charge in [-0.05, 0) is 38.3 Å². The van der Waals surface area contributed by atoms with E-state index in [1.807, 2.05) is 0 Å². The Kier molecular flexibility index (Phi) is 4.83. The molecule has 1 aromatic carbocycles. The lowest BCUT2D eigenvalue weighted by Gasteiger charge is -2.34. The summed E-state index contributed by atoms with van der Waals surface area (Å²) in [4.78, 5) is 2.44. The summed E-state index contributed by atoms with van der Waals surface area (Å²) >= 11 is 0. The van der Waals surface area contributed by atoms with E-state index < -0.39 is 0 Å². The van der Waals surface area contributed by atoms with E-state index in [1.165, 1.54) is 16.8 Å². The van der Waals surface area contributed by atoms with Gasteiger partial charge in [0.2, 0.25) is 0 Å². The maximum Gasteiger partial charge on any atom is 0.0722 e. The van der Waals surface area contributed by atoms with Gasteiger partial charge in [0.05, 0.1) is 12.7 Å². The van der Waals surface area contributed by atoms with Crippen molar-refractivity contribution in [2.45, 2.75) is 45.8 Å². The van der Waals surface area contributed by atoms with Crippen molar-refractivity contribution in [2.24, 2.45) is 5.73 Å². The van der Waals surface area contributed by atoms with Crippen molar-refractivity contribution < 1.29 is 4.74 Å². The zero-order valence-electron chi connectivity index (χ0n) is 12.4. The number of rotatable bonds is 4. The molecule has 3 nitrogen and oxygen atoms in total. The van der Waals surface area contributed by atoms with E-state index in [4.69, 9.17) is 10.5 Å². The van der Waals surface area contributed by atoms with Crippen LogP contribution >= 0.6 is 0 Å². The Morgan fingerprint density at radius 2 is 2.26 bits per heavy atom. The molecule has 0 bridgehead atoms. The van der Waals surface area contributed by atoms with E-state index in [-0.39, 0.29) is 6.04 Å². The molecule has 2 atom stereocenters. The molecule has 0 spiro atoms. The van der Waals surface area contributed by atoms with Gasteiger partial charge in [-0.15, -0.1) is 0 Å². The lowest BCUT2D eigenvalue weighted by atomic mass is 9.99. The number of aryl methyl sites for hydroxylation is 1. The van der Waals surface area contributed by atoms with E-state index >= 15 is 0 Å². The lowest BCUT2D eigenvalue weighted by Crippen LogP contribution is -2.41. The first-order chi connectivity index (χ1) is 9.10. The molecule has 0 radical (unpaired) electrons. The molecule has 2 unspecified atom stereocenters. The molecule has 1 heterocycles. The zero-order valence-corrected chi connectivity index (χ0v) is 12.4. The van der Waals surface area contributed by atoms with Crippen LogP contribution in [0, 0.1) is 6.92 Å². The van der Waals surface area contributed by atoms with Gasteiger partial charge in [-0.2, -0.15) is 0 Å². The number of benzene rings is 1. The normalized spacial score (nSPS) is 21.5. The third-order valence-corrected chi connectivity index (χ3v) is 3.82. The summed E-state index contributed by atoms with van der Waals surface area (Å²) in [5.74, 6) is 0. The highest BCUT2D eigenvalue weighted by atomic mass is 16.5. The predicted molar refractivity (Wildman–Crippen MR) is 80.8 cm³/mol. The highest BCUT2D eigenvalue weighted by Gasteiger charge is 2.19. The summed E-state index contributed by atoms with van der Waals surface area (Å²) in [6, 6.07) is 6.96. The van der Waals surface area contributed by atoms with E-state index in [2.05, 4.69) is 43.9 Å². The van der Waals surface area contributed by atoms with E-state index in [9.17, 15) is 0 Å². The Morgan fingerprint density at radius 1 is 1.47 bits per heavy atom. The van der Waals surface area contributed by atoms with Crippen LogP contribution in [0.4, 0.5) is 5.69 Å². The highest BCUT2D eigenvalue weighted by Crippen LogP contribution is 2.25. The second-order valence-electron chi connectivity index (χ2n) is 5.63. The minimum atomic E-state index is 0.249. The molecule has 1 fully saturated rings. The lowest BCUT2D eigenvalue weighted by molar-refractivity contribution is 0.0531. The first kappa shape index (κ1) is 14.4. The Bertz CT molecular complexity index is 419. The summed E-state index contributed by atoms with van der Waals surface area (Å²) in [7, 11) is 0. The van der Waals surface area contributed by atoms with Gasteiger partial charge in [-0.1, -0.05) is 24.6 Å². The van der Waals surface area contributed by atoms with Crippen LogP contribution in [0.15, 0.2) is 18.2 Å². The largest absolute Gasteiger partial charge is 0.375 e. The second kappa shape index (κ2) is 6.40. The molecule has 0 amide bonds. The molecule has 1 aliphatic rings. The number of nitrogens with zero attached hydrogens (tertiary/aromatic N) is 1. The fraction of sp³-hybridized carbons (Fsp3) is 0.625. The van der Waals surface area contributed by atoms with E-state index in [0.717, 1.165) is 32.5 Å². The van der Waals surface area contributed by atoms with Gasteiger partial charge in [0.15, 0.2) is 0 Å². The van der Waals surface area contributed by atoms with Crippen molar-refractivity contribution in [1.82, 2.24) is 0 Å². The van der Waals surface area contributed by atoms with Crippen LogP contribution in [-0.2, 0) is 11.2 Å². The predicted octanol–water partition coefficient (Wildman–Crippen LogP) is 2.50. The van der Waals surface area contributed by atoms with Gasteiger partial charge in [-0.25, -0.2) is 0 Å². The summed E-state index contributed by atoms with van der Waals surface area (Å²) in [5, 5.41) is 0. The van der Waals surface area contributed by atoms with Gasteiger partial charge in [-0.3, -0.25) is 0 Å². The fourth-order valence-electron chi connectivity index (χ4n) is 2.65. The molecular formula is C16H26N2O. The third-order valence-electron chi connectivity index (χ3n) is 3.82. The number of hydrogen-bond acceptors (Lipinski definition) is 3. The highest BCUT2D eigenvalue weighted by molar-refractivity contribution is 5.55. The Balaban J connectivity index is 2.22. The molecule has 2 N–H and O–H groups in total. The zero-order chi connectivity index (χ0) is 13.8. The van der Waals surface area contributed by atoms with Gasteiger partial charge in [0.25, 0.3) is 0 Å². The van der Waals surface area contributed by atoms with Crippen molar-refractivity contribution >= 4 is 5.69 Å². The van der Waals surface area contributed by atoms with Crippen LogP contribution in [0.2, 0.25) is 0 Å². The molecule has 0 aromatic heterocycles. The molecule has 1 aliphatic heterocycles. The molecule has 0 saturated carbocycles. The van der Waals surface area contributed by atoms with Crippen molar-refractivity contribution in [3.05, 3.63) is 29.3 Å². The van der Waals surface area contributed by atoms with Crippen molar-refractivity contribution in [3.63, 3.8) is 0 Å². The Hall–Kier alpha value is -1.06. The van der Waals surface area contributed by atoms with Crippen LogP contribution in [0.1, 0.15) is 31.4 Å². The quantitative estimate of drug-likeness (QED) is 0.906. The van der Waals surface area contributed by atoms with Gasteiger partial charge in [0, 0.05) is 24.8 Å². The molecule has 1 saturated heterocycles. The molecule has 106 valence electrons. The standard InChI is InChI=1S/C16H26N2O/c1-4-15(17)10-14-9-12(2)5-6-16(14)18-7-8-19-13(3)11-18/h5-6,9,13,15H,4,7-8,10-11,17H2,1-3H3. The SMILES string of the molecule is CCC(N)Cc1cc(C)ccc1N1CCOC(C)C1. The average Bonchev–Trinajstić information content (AvgIpc) is 2.38. The molecule has 1 aromatic rings. The Labute approximate surface area is 116 Å². The van der Waals surface area contributed by atoms with Crippen molar-refractivity contribution in [1.29, 1.82) is 0 Å². The van der Waals surface area contributed by atoms with Crippen molar-refractivity contribution in [2.75, 3.05) is 24.6 Å². The molecule has 0 aliphatic carbocycles. The molecule has 3 heteroatoms. The summed E-state index contributed by atoms with van der Waals surface area (Å²) in [5.41, 5.74) is 10.2. The molecule has 19 heavy (non-hydrogen) atoms. The van der Waals surface area contributed by atoms with Crippen molar-refractivity contribution in [3.8, 4) is 0 Å². The Morgan fingerprint density at radius 3 is 2.95 bits per heavy atom. The van der Waals surface area contributed by atoms with Crippen LogP contribution in [0.5, 0.6) is 0 Å². The van der Waals surface area contributed by atoms with Crippen LogP contribution < -0.4 is 10.6 Å². The maximum absolute atomic E-state index is 6.14. The van der Waals surface area contributed by atoms with Crippen LogP contribution in [0.3, 0.4) is 0 Å². The monoisotopic (exact) mass is 262 g/mol. The smallest absolute Gasteiger partial charge is 0.0722 e. The van der Waals surface area contributed by atoms with E-state index in [1.54, 1.807) is 0 Å². The topological polar surface area (TPSA) is 38.5 Å². The van der Waals surface area contributed by atoms with Crippen LogP contribution in [-0.4, -0.2) is 31.8 Å². The summed E-state index contributed by atoms with van der Waals surface area (Å²) < 4.78 is 5.63. The summed E-state index contributed by atoms with van der Waals surface area (Å²) in [6.07, 6.45) is 2.29. The molecular weight excluding hydrogens is 236 g/mol. The average molecular weight is 262 g/mol. The van der Waals surface area contributed by atoms with Gasteiger partial charge < -0.3 is 15.4 Å². The molecule has 2 rings (SSSR count). The number of morpholine rings is 1. The number of anilines is 1. The fourth-order valence-corrected chi connectivity index (χ4v) is 2.65. The van der Waals surface area contributed by atoms with Gasteiger partial charge in [0.1, 0.15) is 0 Å². The second-order valence-corrected chi connectivity index (χ2v) is 5.63. The third kappa shape index (κ3) is 3.71. The number of ether oxygens (including phenoxy) is 1. The van der Waals surface area contributed by atoms with Gasteiger partial charge >= 0.3 is 0 Å². The van der Waals surface area contributed by atoms with E-state index in [0.29, 0.717) is 6.10 Å². The maximum atomic E-state index is 6.14. The minimum Gasteiger partial charge on any atom is -0.375 e. The van der Waals surface area contributed by atoms with Crippen LogP contribution in [0.25, 0.3) is 0 Å². The minimum absolute atomic E-state index is 0.249. The first-order valence-corrected chi connectivity index (χ1v) is 7.31. The first-order valence-electron chi connectivity index (χ1n) is 7.31. The number of nitrogens with two attached hydrogens (primary N) is 1.